The highest BCUT2D eigenvalue weighted by Gasteiger charge is 2.23. The Labute approximate surface area is 296 Å². The first-order valence-corrected chi connectivity index (χ1v) is 17.7. The molecule has 12 aromatic rings. The number of hydrogen-bond acceptors (Lipinski definition) is 2. The lowest BCUT2D eigenvalue weighted by Crippen LogP contribution is -1.95. The Hall–Kier alpha value is -7.04. The van der Waals surface area contributed by atoms with Gasteiger partial charge in [-0.2, -0.15) is 0 Å². The van der Waals surface area contributed by atoms with E-state index in [9.17, 15) is 0 Å². The van der Waals surface area contributed by atoms with Gasteiger partial charge in [0.1, 0.15) is 22.3 Å². The molecule has 4 heteroatoms. The Kier molecular flexibility index (Phi) is 5.47. The van der Waals surface area contributed by atoms with Crippen molar-refractivity contribution in [1.82, 2.24) is 9.13 Å². The summed E-state index contributed by atoms with van der Waals surface area (Å²) < 4.78 is 17.7. The van der Waals surface area contributed by atoms with E-state index in [-0.39, 0.29) is 0 Å². The van der Waals surface area contributed by atoms with Crippen LogP contribution in [0.2, 0.25) is 0 Å². The SMILES string of the molecule is c1ccc(-n2c3ccc4c5ccccc5oc4c3c3ccc4c(c5ccccc5n4-c4cccc(-c5ccc6oc7ccccc7c6c5)c4)c32)cc1. The predicted octanol–water partition coefficient (Wildman–Crippen LogP) is 13.3. The minimum atomic E-state index is 0.904. The second-order valence-corrected chi connectivity index (χ2v) is 13.7. The van der Waals surface area contributed by atoms with Crippen molar-refractivity contribution in [3.8, 4) is 22.5 Å². The molecule has 0 amide bonds. The van der Waals surface area contributed by atoms with Crippen LogP contribution in [-0.4, -0.2) is 9.13 Å². The lowest BCUT2D eigenvalue weighted by molar-refractivity contribution is 0.669. The maximum atomic E-state index is 6.67. The van der Waals surface area contributed by atoms with Crippen LogP contribution in [0.25, 0.3) is 110 Å². The number of furan rings is 2. The first-order chi connectivity index (χ1) is 25.8. The van der Waals surface area contributed by atoms with E-state index >= 15 is 0 Å². The van der Waals surface area contributed by atoms with Crippen LogP contribution in [0.3, 0.4) is 0 Å². The van der Waals surface area contributed by atoms with Crippen LogP contribution < -0.4 is 0 Å². The zero-order chi connectivity index (χ0) is 33.9. The third-order valence-electron chi connectivity index (χ3n) is 10.9. The van der Waals surface area contributed by atoms with Crippen LogP contribution in [0.15, 0.2) is 179 Å². The van der Waals surface area contributed by atoms with E-state index in [1.165, 1.54) is 21.7 Å². The standard InChI is InChI=1S/C48H28N2O2/c1-2-12-31(13-3-1)50-41-24-22-35-33-15-5-9-20-43(33)52-48(35)46(41)37-23-25-40-45(47(37)50)36-17-4-7-18-39(36)49(40)32-14-10-11-29(27-32)30-21-26-44-38(28-30)34-16-6-8-19-42(34)51-44/h1-28H. The number of benzene rings is 8. The maximum absolute atomic E-state index is 6.67. The molecule has 0 fully saturated rings. The van der Waals surface area contributed by atoms with Gasteiger partial charge in [0, 0.05) is 49.1 Å². The number of para-hydroxylation sites is 4. The minimum absolute atomic E-state index is 0.904. The molecule has 4 nitrogen and oxygen atoms in total. The molecule has 0 aliphatic rings. The summed E-state index contributed by atoms with van der Waals surface area (Å²) in [5, 5.41) is 9.27. The fourth-order valence-electron chi connectivity index (χ4n) is 8.68. The maximum Gasteiger partial charge on any atom is 0.145 e. The number of fused-ring (bicyclic) bond motifs is 14. The van der Waals surface area contributed by atoms with Crippen molar-refractivity contribution in [2.75, 3.05) is 0 Å². The average Bonchev–Trinajstić information content (AvgIpc) is 3.95. The van der Waals surface area contributed by atoms with Crippen LogP contribution >= 0.6 is 0 Å². The largest absolute Gasteiger partial charge is 0.456 e. The normalized spacial score (nSPS) is 12.2. The quantitative estimate of drug-likeness (QED) is 0.188. The number of rotatable bonds is 3. The number of nitrogens with zero attached hydrogens (tertiary/aromatic N) is 2. The Bertz CT molecular complexity index is 3410. The molecular weight excluding hydrogens is 637 g/mol. The van der Waals surface area contributed by atoms with Crippen molar-refractivity contribution in [2.45, 2.75) is 0 Å². The van der Waals surface area contributed by atoms with Crippen LogP contribution in [-0.2, 0) is 0 Å². The minimum Gasteiger partial charge on any atom is -0.456 e. The van der Waals surface area contributed by atoms with Crippen molar-refractivity contribution in [2.24, 2.45) is 0 Å². The van der Waals surface area contributed by atoms with Gasteiger partial charge in [-0.05, 0) is 90.0 Å². The zero-order valence-electron chi connectivity index (χ0n) is 27.9. The molecule has 8 aromatic carbocycles. The van der Waals surface area contributed by atoms with Gasteiger partial charge in [0.05, 0.1) is 27.5 Å². The first-order valence-electron chi connectivity index (χ1n) is 17.7. The Morgan fingerprint density at radius 1 is 0.327 bits per heavy atom. The van der Waals surface area contributed by atoms with Crippen molar-refractivity contribution in [3.05, 3.63) is 170 Å². The molecule has 0 saturated carbocycles. The van der Waals surface area contributed by atoms with Gasteiger partial charge in [0.25, 0.3) is 0 Å². The van der Waals surface area contributed by atoms with E-state index < -0.39 is 0 Å². The Morgan fingerprint density at radius 2 is 0.962 bits per heavy atom. The van der Waals surface area contributed by atoms with Crippen molar-refractivity contribution in [3.63, 3.8) is 0 Å². The number of aromatic nitrogens is 2. The topological polar surface area (TPSA) is 36.1 Å². The molecule has 12 rings (SSSR count). The summed E-state index contributed by atoms with van der Waals surface area (Å²) in [6.45, 7) is 0. The molecule has 0 saturated heterocycles. The molecule has 242 valence electrons. The van der Waals surface area contributed by atoms with E-state index in [4.69, 9.17) is 8.83 Å². The van der Waals surface area contributed by atoms with Crippen molar-refractivity contribution < 1.29 is 8.83 Å². The molecule has 0 aliphatic carbocycles. The van der Waals surface area contributed by atoms with Gasteiger partial charge in [-0.15, -0.1) is 0 Å². The van der Waals surface area contributed by atoms with E-state index in [2.05, 4.69) is 161 Å². The molecule has 0 N–H and O–H groups in total. The van der Waals surface area contributed by atoms with Gasteiger partial charge in [0.15, 0.2) is 0 Å². The van der Waals surface area contributed by atoms with Gasteiger partial charge in [0.2, 0.25) is 0 Å². The first kappa shape index (κ1) is 27.7. The summed E-state index contributed by atoms with van der Waals surface area (Å²) in [6.07, 6.45) is 0. The highest BCUT2D eigenvalue weighted by molar-refractivity contribution is 6.31. The molecule has 4 heterocycles. The predicted molar refractivity (Wildman–Crippen MR) is 215 cm³/mol. The van der Waals surface area contributed by atoms with Gasteiger partial charge in [-0.25, -0.2) is 0 Å². The molecule has 4 aromatic heterocycles. The molecule has 0 unspecified atom stereocenters. The van der Waals surface area contributed by atoms with Crippen LogP contribution in [0.5, 0.6) is 0 Å². The Balaban J connectivity index is 1.17. The van der Waals surface area contributed by atoms with Gasteiger partial charge >= 0.3 is 0 Å². The second-order valence-electron chi connectivity index (χ2n) is 13.7. The van der Waals surface area contributed by atoms with Crippen LogP contribution in [0.1, 0.15) is 0 Å². The summed E-state index contributed by atoms with van der Waals surface area (Å²) in [4.78, 5) is 0. The van der Waals surface area contributed by atoms with E-state index in [0.29, 0.717) is 0 Å². The van der Waals surface area contributed by atoms with Gasteiger partial charge in [-0.3, -0.25) is 0 Å². The summed E-state index contributed by atoms with van der Waals surface area (Å²) in [7, 11) is 0. The summed E-state index contributed by atoms with van der Waals surface area (Å²) >= 11 is 0. The molecule has 0 bridgehead atoms. The van der Waals surface area contributed by atoms with Gasteiger partial charge in [-0.1, -0.05) is 91.0 Å². The molecule has 0 atom stereocenters. The molecule has 0 radical (unpaired) electrons. The van der Waals surface area contributed by atoms with Crippen molar-refractivity contribution >= 4 is 87.5 Å². The van der Waals surface area contributed by atoms with Crippen molar-refractivity contribution in [1.29, 1.82) is 0 Å². The van der Waals surface area contributed by atoms with E-state index in [0.717, 1.165) is 88.3 Å². The monoisotopic (exact) mass is 664 g/mol. The molecule has 52 heavy (non-hydrogen) atoms. The third kappa shape index (κ3) is 3.70. The number of hydrogen-bond donors (Lipinski definition) is 0. The fourth-order valence-corrected chi connectivity index (χ4v) is 8.68. The summed E-state index contributed by atoms with van der Waals surface area (Å²) in [6, 6.07) is 60.6. The third-order valence-corrected chi connectivity index (χ3v) is 10.9. The second kappa shape index (κ2) is 10.3. The average molecular weight is 665 g/mol. The smallest absolute Gasteiger partial charge is 0.145 e. The summed E-state index contributed by atoms with van der Waals surface area (Å²) in [5.74, 6) is 0. The highest BCUT2D eigenvalue weighted by Crippen LogP contribution is 2.45. The molecule has 0 spiro atoms. The van der Waals surface area contributed by atoms with Crippen LogP contribution in [0.4, 0.5) is 0 Å². The molecule has 0 aliphatic heterocycles. The lowest BCUT2D eigenvalue weighted by Gasteiger charge is -2.11. The van der Waals surface area contributed by atoms with Gasteiger partial charge < -0.3 is 18.0 Å². The molecular formula is C48H28N2O2. The summed E-state index contributed by atoms with van der Waals surface area (Å²) in [5.41, 5.74) is 12.8. The highest BCUT2D eigenvalue weighted by atomic mass is 16.3. The van der Waals surface area contributed by atoms with E-state index in [1.54, 1.807) is 0 Å². The lowest BCUT2D eigenvalue weighted by atomic mass is 10.0. The van der Waals surface area contributed by atoms with E-state index in [1.807, 2.05) is 18.2 Å². The van der Waals surface area contributed by atoms with Crippen LogP contribution in [0, 0.1) is 0 Å². The Morgan fingerprint density at radius 3 is 1.81 bits per heavy atom. The zero-order valence-corrected chi connectivity index (χ0v) is 27.9. The fraction of sp³-hybridized carbons (Fsp3) is 0.